The first-order valence-electron chi connectivity index (χ1n) is 8.63. The lowest BCUT2D eigenvalue weighted by molar-refractivity contribution is 0.221. The zero-order chi connectivity index (χ0) is 16.2. The van der Waals surface area contributed by atoms with E-state index in [0.29, 0.717) is 12.5 Å². The van der Waals surface area contributed by atoms with Gasteiger partial charge >= 0.3 is 0 Å². The molecule has 4 nitrogen and oxygen atoms in total. The topological polar surface area (TPSA) is 39.3 Å². The van der Waals surface area contributed by atoms with Crippen molar-refractivity contribution in [3.05, 3.63) is 46.2 Å². The number of aromatic nitrogens is 1. The third kappa shape index (κ3) is 4.21. The van der Waals surface area contributed by atoms with E-state index in [1.165, 1.54) is 32.5 Å². The zero-order valence-electron chi connectivity index (χ0n) is 14.2. The fraction of sp³-hybridized carbons (Fsp3) is 0.526. The summed E-state index contributed by atoms with van der Waals surface area (Å²) in [6.45, 7) is 7.68. The minimum absolute atomic E-state index is 0.0303. The van der Waals surface area contributed by atoms with Gasteiger partial charge in [-0.3, -0.25) is 4.79 Å². The van der Waals surface area contributed by atoms with Crippen molar-refractivity contribution in [2.75, 3.05) is 33.2 Å². The Morgan fingerprint density at radius 1 is 1.26 bits per heavy atom. The lowest BCUT2D eigenvalue weighted by Crippen LogP contribution is -2.33. The minimum Gasteiger partial charge on any atom is -0.322 e. The van der Waals surface area contributed by atoms with Crippen LogP contribution in [-0.2, 0) is 6.54 Å². The highest BCUT2D eigenvalue weighted by Crippen LogP contribution is 2.13. The summed E-state index contributed by atoms with van der Waals surface area (Å²) in [7, 11) is 2.11. The summed E-state index contributed by atoms with van der Waals surface area (Å²) in [6, 6.07) is 9.97. The number of benzene rings is 1. The molecular formula is C19H27N3O. The predicted octanol–water partition coefficient (Wildman–Crippen LogP) is 2.69. The average Bonchev–Trinajstić information content (AvgIpc) is 3.00. The predicted molar refractivity (Wildman–Crippen MR) is 95.7 cm³/mol. The molecule has 0 aliphatic carbocycles. The number of para-hydroxylation sites is 1. The van der Waals surface area contributed by atoms with Gasteiger partial charge in [0.2, 0.25) is 0 Å². The van der Waals surface area contributed by atoms with Crippen molar-refractivity contribution in [3.63, 3.8) is 0 Å². The van der Waals surface area contributed by atoms with Gasteiger partial charge < -0.3 is 14.8 Å². The quantitative estimate of drug-likeness (QED) is 0.891. The smallest absolute Gasteiger partial charge is 0.252 e. The number of nitrogens with one attached hydrogen (secondary N) is 1. The number of aromatic amines is 1. The molecule has 1 fully saturated rings. The molecular weight excluding hydrogens is 286 g/mol. The van der Waals surface area contributed by atoms with Crippen LogP contribution in [0.5, 0.6) is 0 Å². The second kappa shape index (κ2) is 7.28. The molecule has 1 N–H and O–H groups in total. The molecule has 1 aliphatic rings. The van der Waals surface area contributed by atoms with Gasteiger partial charge in [-0.1, -0.05) is 25.1 Å². The molecule has 1 unspecified atom stereocenters. The molecule has 124 valence electrons. The van der Waals surface area contributed by atoms with Crippen LogP contribution < -0.4 is 5.56 Å². The molecule has 1 aromatic heterocycles. The molecule has 1 saturated heterocycles. The number of hydrogen-bond donors (Lipinski definition) is 1. The van der Waals surface area contributed by atoms with Crippen molar-refractivity contribution in [1.82, 2.24) is 14.8 Å². The Hall–Kier alpha value is -1.65. The molecule has 3 rings (SSSR count). The van der Waals surface area contributed by atoms with E-state index in [-0.39, 0.29) is 5.56 Å². The van der Waals surface area contributed by atoms with E-state index < -0.39 is 0 Å². The molecule has 0 bridgehead atoms. The van der Waals surface area contributed by atoms with E-state index in [4.69, 9.17) is 0 Å². The number of nitrogens with zero attached hydrogens (tertiary/aromatic N) is 2. The number of rotatable bonds is 6. The Balaban J connectivity index is 1.61. The Morgan fingerprint density at radius 3 is 2.78 bits per heavy atom. The number of pyridine rings is 1. The Kier molecular flexibility index (Phi) is 5.13. The average molecular weight is 313 g/mol. The fourth-order valence-corrected chi connectivity index (χ4v) is 3.66. The SMILES string of the molecule is CC(CN(C)Cc1cc2ccccc2[nH]c1=O)CN1CCCC1. The molecule has 0 spiro atoms. The standard InChI is InChI=1S/C19H27N3O/c1-15(13-22-9-5-6-10-22)12-21(2)14-17-11-16-7-3-4-8-18(16)20-19(17)23/h3-4,7-8,11,15H,5-6,9-10,12-14H2,1-2H3,(H,20,23). The first kappa shape index (κ1) is 16.2. The fourth-order valence-electron chi connectivity index (χ4n) is 3.66. The summed E-state index contributed by atoms with van der Waals surface area (Å²) in [4.78, 5) is 20.0. The van der Waals surface area contributed by atoms with Gasteiger partial charge in [-0.05, 0) is 56.4 Å². The van der Waals surface area contributed by atoms with Gasteiger partial charge in [-0.15, -0.1) is 0 Å². The zero-order valence-corrected chi connectivity index (χ0v) is 14.2. The van der Waals surface area contributed by atoms with Crippen LogP contribution in [0.4, 0.5) is 0 Å². The van der Waals surface area contributed by atoms with Crippen LogP contribution in [0.15, 0.2) is 35.1 Å². The molecule has 2 aromatic rings. The maximum atomic E-state index is 12.2. The number of H-pyrrole nitrogens is 1. The normalized spacial score (nSPS) is 17.2. The van der Waals surface area contributed by atoms with Crippen LogP contribution >= 0.6 is 0 Å². The van der Waals surface area contributed by atoms with E-state index in [1.807, 2.05) is 30.3 Å². The third-order valence-electron chi connectivity index (χ3n) is 4.66. The first-order valence-corrected chi connectivity index (χ1v) is 8.63. The van der Waals surface area contributed by atoms with Gasteiger partial charge in [-0.2, -0.15) is 0 Å². The second-order valence-electron chi connectivity index (χ2n) is 7.02. The van der Waals surface area contributed by atoms with E-state index >= 15 is 0 Å². The first-order chi connectivity index (χ1) is 11.1. The molecule has 1 atom stereocenters. The van der Waals surface area contributed by atoms with Gasteiger partial charge in [0, 0.05) is 30.7 Å². The Labute approximate surface area is 138 Å². The Morgan fingerprint density at radius 2 is 2.00 bits per heavy atom. The molecule has 0 saturated carbocycles. The number of hydrogen-bond acceptors (Lipinski definition) is 3. The summed E-state index contributed by atoms with van der Waals surface area (Å²) in [6.07, 6.45) is 2.68. The molecule has 1 aliphatic heterocycles. The van der Waals surface area contributed by atoms with Crippen molar-refractivity contribution >= 4 is 10.9 Å². The van der Waals surface area contributed by atoms with Crippen LogP contribution in [0.2, 0.25) is 0 Å². The lowest BCUT2D eigenvalue weighted by Gasteiger charge is -2.25. The summed E-state index contributed by atoms with van der Waals surface area (Å²) in [5, 5.41) is 1.10. The summed E-state index contributed by atoms with van der Waals surface area (Å²) < 4.78 is 0. The van der Waals surface area contributed by atoms with Gasteiger partial charge in [0.15, 0.2) is 0 Å². The van der Waals surface area contributed by atoms with E-state index in [2.05, 4.69) is 28.8 Å². The lowest BCUT2D eigenvalue weighted by atomic mass is 10.1. The van der Waals surface area contributed by atoms with Crippen molar-refractivity contribution in [1.29, 1.82) is 0 Å². The van der Waals surface area contributed by atoms with Crippen molar-refractivity contribution < 1.29 is 0 Å². The van der Waals surface area contributed by atoms with E-state index in [9.17, 15) is 4.79 Å². The van der Waals surface area contributed by atoms with Gasteiger partial charge in [0.1, 0.15) is 0 Å². The summed E-state index contributed by atoms with van der Waals surface area (Å²) >= 11 is 0. The summed E-state index contributed by atoms with van der Waals surface area (Å²) in [5.41, 5.74) is 1.79. The molecule has 1 aromatic carbocycles. The van der Waals surface area contributed by atoms with Gasteiger partial charge in [-0.25, -0.2) is 0 Å². The van der Waals surface area contributed by atoms with Crippen molar-refractivity contribution in [2.45, 2.75) is 26.3 Å². The van der Waals surface area contributed by atoms with Crippen LogP contribution in [0.25, 0.3) is 10.9 Å². The van der Waals surface area contributed by atoms with E-state index in [0.717, 1.165) is 23.0 Å². The molecule has 0 radical (unpaired) electrons. The molecule has 23 heavy (non-hydrogen) atoms. The Bertz CT molecular complexity index is 703. The maximum Gasteiger partial charge on any atom is 0.252 e. The monoisotopic (exact) mass is 313 g/mol. The molecule has 4 heteroatoms. The highest BCUT2D eigenvalue weighted by molar-refractivity contribution is 5.78. The van der Waals surface area contributed by atoms with Crippen molar-refractivity contribution in [2.24, 2.45) is 5.92 Å². The van der Waals surface area contributed by atoms with E-state index in [1.54, 1.807) is 0 Å². The number of fused-ring (bicyclic) bond motifs is 1. The van der Waals surface area contributed by atoms with Crippen molar-refractivity contribution in [3.8, 4) is 0 Å². The van der Waals surface area contributed by atoms with Crippen LogP contribution in [0.1, 0.15) is 25.3 Å². The maximum absolute atomic E-state index is 12.2. The van der Waals surface area contributed by atoms with Gasteiger partial charge in [0.25, 0.3) is 5.56 Å². The minimum atomic E-state index is 0.0303. The van der Waals surface area contributed by atoms with Gasteiger partial charge in [0.05, 0.1) is 0 Å². The molecule has 2 heterocycles. The summed E-state index contributed by atoms with van der Waals surface area (Å²) in [5.74, 6) is 0.623. The highest BCUT2D eigenvalue weighted by atomic mass is 16.1. The van der Waals surface area contributed by atoms with Crippen LogP contribution in [0, 0.1) is 5.92 Å². The second-order valence-corrected chi connectivity index (χ2v) is 7.02. The van der Waals surface area contributed by atoms with Crippen LogP contribution in [0.3, 0.4) is 0 Å². The third-order valence-corrected chi connectivity index (χ3v) is 4.66. The largest absolute Gasteiger partial charge is 0.322 e. The number of likely N-dealkylation sites (tertiary alicyclic amines) is 1. The highest BCUT2D eigenvalue weighted by Gasteiger charge is 2.16. The molecule has 0 amide bonds. The van der Waals surface area contributed by atoms with Crippen LogP contribution in [-0.4, -0.2) is 48.0 Å².